The summed E-state index contributed by atoms with van der Waals surface area (Å²) >= 11 is 1.86. The van der Waals surface area contributed by atoms with Gasteiger partial charge in [0.15, 0.2) is 0 Å². The topological polar surface area (TPSA) is 78.4 Å². The Bertz CT molecular complexity index is 262. The van der Waals surface area contributed by atoms with E-state index in [0.29, 0.717) is 13.0 Å². The van der Waals surface area contributed by atoms with Crippen LogP contribution in [0, 0.1) is 0 Å². The predicted octanol–water partition coefficient (Wildman–Crippen LogP) is 2.46. The first-order chi connectivity index (χ1) is 9.06. The third-order valence-corrected chi connectivity index (χ3v) is 3.43. The van der Waals surface area contributed by atoms with Gasteiger partial charge < -0.3 is 15.7 Å². The third kappa shape index (κ3) is 13.3. The number of aliphatic carboxylic acids is 1. The fourth-order valence-corrected chi connectivity index (χ4v) is 2.11. The second kappa shape index (κ2) is 12.1. The lowest BCUT2D eigenvalue weighted by molar-refractivity contribution is -0.137. The number of rotatable bonds is 11. The highest BCUT2D eigenvalue weighted by Crippen LogP contribution is 2.03. The molecule has 0 rings (SSSR count). The van der Waals surface area contributed by atoms with Gasteiger partial charge in [-0.3, -0.25) is 4.79 Å². The Morgan fingerprint density at radius 2 is 1.89 bits per heavy atom. The summed E-state index contributed by atoms with van der Waals surface area (Å²) in [5.74, 6) is 0.369. The van der Waals surface area contributed by atoms with Crippen molar-refractivity contribution in [2.75, 3.05) is 18.6 Å². The second-order valence-electron chi connectivity index (χ2n) is 4.64. The monoisotopic (exact) mass is 290 g/mol. The highest BCUT2D eigenvalue weighted by molar-refractivity contribution is 7.98. The molecule has 0 spiro atoms. The van der Waals surface area contributed by atoms with Crippen molar-refractivity contribution in [2.24, 2.45) is 0 Å². The van der Waals surface area contributed by atoms with Gasteiger partial charge in [0.2, 0.25) is 0 Å². The van der Waals surface area contributed by atoms with Crippen LogP contribution in [0.1, 0.15) is 45.4 Å². The smallest absolute Gasteiger partial charge is 0.314 e. The summed E-state index contributed by atoms with van der Waals surface area (Å²) < 4.78 is 0. The van der Waals surface area contributed by atoms with Gasteiger partial charge in [0.25, 0.3) is 0 Å². The minimum absolute atomic E-state index is 0.0802. The number of nitrogens with one attached hydrogen (secondary N) is 2. The first-order valence-electron chi connectivity index (χ1n) is 6.81. The maximum absolute atomic E-state index is 11.5. The molecule has 6 heteroatoms. The van der Waals surface area contributed by atoms with E-state index >= 15 is 0 Å². The Morgan fingerprint density at radius 3 is 2.53 bits per heavy atom. The lowest BCUT2D eigenvalue weighted by Crippen LogP contribution is -2.41. The summed E-state index contributed by atoms with van der Waals surface area (Å²) in [4.78, 5) is 21.8. The number of carbonyl (C=O) groups excluding carboxylic acids is 1. The molecule has 0 aliphatic carbocycles. The molecule has 1 unspecified atom stereocenters. The molecule has 0 aromatic rings. The van der Waals surface area contributed by atoms with Crippen LogP contribution in [0.15, 0.2) is 0 Å². The van der Waals surface area contributed by atoms with Crippen LogP contribution in [0.2, 0.25) is 0 Å². The average molecular weight is 290 g/mol. The fraction of sp³-hybridized carbons (Fsp3) is 0.846. The minimum Gasteiger partial charge on any atom is -0.481 e. The van der Waals surface area contributed by atoms with Crippen molar-refractivity contribution in [3.05, 3.63) is 0 Å². The van der Waals surface area contributed by atoms with E-state index in [9.17, 15) is 9.59 Å². The summed E-state index contributed by atoms with van der Waals surface area (Å²) in [6.07, 6.45) is 7.21. The molecular formula is C13H26N2O3S. The number of unbranched alkanes of at least 4 members (excludes halogenated alkanes) is 3. The van der Waals surface area contributed by atoms with Crippen molar-refractivity contribution in [3.63, 3.8) is 0 Å². The van der Waals surface area contributed by atoms with Crippen molar-refractivity contribution in [2.45, 2.75) is 51.5 Å². The van der Waals surface area contributed by atoms with E-state index in [0.717, 1.165) is 12.8 Å². The molecule has 0 aliphatic heterocycles. The molecule has 1 atom stereocenters. The second-order valence-corrected chi connectivity index (χ2v) is 5.63. The highest BCUT2D eigenvalue weighted by atomic mass is 32.2. The molecule has 0 fully saturated rings. The zero-order valence-electron chi connectivity index (χ0n) is 11.9. The minimum atomic E-state index is -0.834. The molecule has 0 aliphatic rings. The van der Waals surface area contributed by atoms with Gasteiger partial charge in [-0.15, -0.1) is 0 Å². The van der Waals surface area contributed by atoms with Gasteiger partial charge in [-0.05, 0) is 38.2 Å². The van der Waals surface area contributed by atoms with Gasteiger partial charge in [-0.25, -0.2) is 4.79 Å². The summed E-state index contributed by atoms with van der Waals surface area (Å²) in [6, 6.07) is -0.320. The van der Waals surface area contributed by atoms with Gasteiger partial charge in [0, 0.05) is 19.0 Å². The number of thioether (sulfide) groups is 1. The fourth-order valence-electron chi connectivity index (χ4n) is 1.61. The maximum Gasteiger partial charge on any atom is 0.314 e. The Hall–Kier alpha value is -0.910. The number of carbonyl (C=O) groups is 2. The Balaban J connectivity index is 3.40. The van der Waals surface area contributed by atoms with Gasteiger partial charge in [-0.1, -0.05) is 12.8 Å². The summed E-state index contributed by atoms with van der Waals surface area (Å²) in [5.41, 5.74) is 0. The number of hydrogen-bond donors (Lipinski definition) is 3. The van der Waals surface area contributed by atoms with E-state index in [4.69, 9.17) is 5.11 Å². The van der Waals surface area contributed by atoms with Gasteiger partial charge >= 0.3 is 12.0 Å². The Morgan fingerprint density at radius 1 is 1.21 bits per heavy atom. The molecule has 5 nitrogen and oxygen atoms in total. The normalized spacial score (nSPS) is 11.9. The standard InChI is InChI=1S/C13H26N2O3S/c1-11(7-8-12(16)17)15-13(18)14-9-5-3-4-6-10-19-2/h11H,3-10H2,1-2H3,(H,16,17)(H2,14,15,18). The van der Waals surface area contributed by atoms with E-state index in [-0.39, 0.29) is 18.5 Å². The van der Waals surface area contributed by atoms with Crippen LogP contribution in [0.3, 0.4) is 0 Å². The van der Waals surface area contributed by atoms with Gasteiger partial charge in [-0.2, -0.15) is 11.8 Å². The Labute approximate surface area is 119 Å². The molecule has 0 bridgehead atoms. The van der Waals surface area contributed by atoms with E-state index in [2.05, 4.69) is 16.9 Å². The zero-order valence-corrected chi connectivity index (χ0v) is 12.7. The molecular weight excluding hydrogens is 264 g/mol. The molecule has 19 heavy (non-hydrogen) atoms. The summed E-state index contributed by atoms with van der Waals surface area (Å²) in [6.45, 7) is 2.49. The largest absolute Gasteiger partial charge is 0.481 e. The van der Waals surface area contributed by atoms with E-state index in [1.54, 1.807) is 0 Å². The molecule has 0 radical (unpaired) electrons. The van der Waals surface area contributed by atoms with Crippen molar-refractivity contribution < 1.29 is 14.7 Å². The molecule has 0 heterocycles. The SMILES string of the molecule is CSCCCCCCNC(=O)NC(C)CCC(=O)O. The first kappa shape index (κ1) is 18.1. The number of urea groups is 1. The summed E-state index contributed by atoms with van der Waals surface area (Å²) in [7, 11) is 0. The highest BCUT2D eigenvalue weighted by Gasteiger charge is 2.08. The first-order valence-corrected chi connectivity index (χ1v) is 8.20. The number of carboxylic acid groups (broad SMARTS) is 1. The predicted molar refractivity (Wildman–Crippen MR) is 79.7 cm³/mol. The van der Waals surface area contributed by atoms with Gasteiger partial charge in [0.1, 0.15) is 0 Å². The van der Waals surface area contributed by atoms with Crippen LogP contribution in [-0.2, 0) is 4.79 Å². The number of hydrogen-bond acceptors (Lipinski definition) is 3. The van der Waals surface area contributed by atoms with Gasteiger partial charge in [0.05, 0.1) is 0 Å². The maximum atomic E-state index is 11.5. The molecule has 3 N–H and O–H groups in total. The Kier molecular flexibility index (Phi) is 11.6. The summed E-state index contributed by atoms with van der Waals surface area (Å²) in [5, 5.41) is 14.0. The molecule has 0 saturated carbocycles. The van der Waals surface area contributed by atoms with Crippen LogP contribution in [-0.4, -0.2) is 41.7 Å². The zero-order chi connectivity index (χ0) is 14.5. The third-order valence-electron chi connectivity index (χ3n) is 2.73. The van der Waals surface area contributed by atoms with Crippen LogP contribution in [0.25, 0.3) is 0 Å². The van der Waals surface area contributed by atoms with Crippen LogP contribution < -0.4 is 10.6 Å². The molecule has 0 saturated heterocycles. The van der Waals surface area contributed by atoms with E-state index in [1.165, 1.54) is 18.6 Å². The number of amides is 2. The lowest BCUT2D eigenvalue weighted by Gasteiger charge is -2.13. The molecule has 0 aromatic heterocycles. The molecule has 0 aromatic carbocycles. The molecule has 2 amide bonds. The average Bonchev–Trinajstić information content (AvgIpc) is 2.35. The quantitative estimate of drug-likeness (QED) is 0.511. The number of carboxylic acids is 1. The van der Waals surface area contributed by atoms with E-state index < -0.39 is 5.97 Å². The van der Waals surface area contributed by atoms with Crippen molar-refractivity contribution in [1.82, 2.24) is 10.6 Å². The van der Waals surface area contributed by atoms with Crippen LogP contribution >= 0.6 is 11.8 Å². The lowest BCUT2D eigenvalue weighted by atomic mass is 10.2. The van der Waals surface area contributed by atoms with Crippen LogP contribution in [0.5, 0.6) is 0 Å². The molecule has 112 valence electrons. The van der Waals surface area contributed by atoms with Crippen LogP contribution in [0.4, 0.5) is 4.79 Å². The van der Waals surface area contributed by atoms with Crippen molar-refractivity contribution >= 4 is 23.8 Å². The van der Waals surface area contributed by atoms with Crippen molar-refractivity contribution in [1.29, 1.82) is 0 Å². The van der Waals surface area contributed by atoms with E-state index in [1.807, 2.05) is 18.7 Å². The van der Waals surface area contributed by atoms with Crippen molar-refractivity contribution in [3.8, 4) is 0 Å².